The lowest BCUT2D eigenvalue weighted by Gasteiger charge is -2.20. The molecule has 0 radical (unpaired) electrons. The summed E-state index contributed by atoms with van der Waals surface area (Å²) in [7, 11) is 0. The van der Waals surface area contributed by atoms with Crippen LogP contribution in [0, 0.1) is 12.3 Å². The number of nitrogen functional groups attached to an aromatic ring is 1. The first-order chi connectivity index (χ1) is 9.82. The number of primary amides is 1. The molecular formula is C15H22N4O2. The van der Waals surface area contributed by atoms with Crippen molar-refractivity contribution in [2.45, 2.75) is 20.3 Å². The van der Waals surface area contributed by atoms with E-state index in [9.17, 15) is 9.59 Å². The van der Waals surface area contributed by atoms with Crippen molar-refractivity contribution in [1.29, 1.82) is 0 Å². The van der Waals surface area contributed by atoms with E-state index in [1.54, 1.807) is 12.1 Å². The number of hydrogen-bond acceptors (Lipinski definition) is 4. The molecule has 0 spiro atoms. The Morgan fingerprint density at radius 1 is 1.43 bits per heavy atom. The van der Waals surface area contributed by atoms with Gasteiger partial charge in [0.25, 0.3) is 0 Å². The highest BCUT2D eigenvalue weighted by molar-refractivity contribution is 5.93. The molecule has 0 aromatic heterocycles. The van der Waals surface area contributed by atoms with Gasteiger partial charge in [-0.2, -0.15) is 0 Å². The molecule has 1 heterocycles. The normalized spacial score (nSPS) is 22.2. The number of anilines is 2. The van der Waals surface area contributed by atoms with E-state index in [2.05, 4.69) is 5.32 Å². The summed E-state index contributed by atoms with van der Waals surface area (Å²) in [6.45, 7) is 5.17. The smallest absolute Gasteiger partial charge is 0.238 e. The largest absolute Gasteiger partial charge is 0.398 e. The van der Waals surface area contributed by atoms with Crippen LogP contribution in [-0.4, -0.2) is 36.3 Å². The highest BCUT2D eigenvalue weighted by Crippen LogP contribution is 2.29. The van der Waals surface area contributed by atoms with Crippen LogP contribution in [0.4, 0.5) is 11.4 Å². The van der Waals surface area contributed by atoms with Crippen molar-refractivity contribution in [3.8, 4) is 0 Å². The minimum absolute atomic E-state index is 0.113. The van der Waals surface area contributed by atoms with Crippen molar-refractivity contribution in [3.05, 3.63) is 23.8 Å². The number of carbonyl (C=O) groups is 2. The molecule has 1 aromatic carbocycles. The molecule has 1 aliphatic heterocycles. The maximum atomic E-state index is 12.1. The fourth-order valence-electron chi connectivity index (χ4n) is 2.57. The Bertz CT molecular complexity index is 573. The third kappa shape index (κ3) is 3.33. The van der Waals surface area contributed by atoms with Crippen LogP contribution in [-0.2, 0) is 9.59 Å². The summed E-state index contributed by atoms with van der Waals surface area (Å²) in [6, 6.07) is 5.42. The van der Waals surface area contributed by atoms with E-state index < -0.39 is 5.41 Å². The predicted octanol–water partition coefficient (Wildman–Crippen LogP) is 0.713. The van der Waals surface area contributed by atoms with Gasteiger partial charge in [0.15, 0.2) is 0 Å². The zero-order valence-electron chi connectivity index (χ0n) is 12.5. The molecule has 1 atom stereocenters. The molecule has 1 fully saturated rings. The van der Waals surface area contributed by atoms with Crippen LogP contribution >= 0.6 is 0 Å². The second-order valence-electron chi connectivity index (χ2n) is 5.95. The van der Waals surface area contributed by atoms with Crippen LogP contribution in [0.15, 0.2) is 18.2 Å². The van der Waals surface area contributed by atoms with Gasteiger partial charge in [-0.25, -0.2) is 0 Å². The topological polar surface area (TPSA) is 101 Å². The molecule has 2 rings (SSSR count). The summed E-state index contributed by atoms with van der Waals surface area (Å²) in [4.78, 5) is 25.5. The highest BCUT2D eigenvalue weighted by atomic mass is 16.2. The van der Waals surface area contributed by atoms with E-state index in [0.29, 0.717) is 25.2 Å². The van der Waals surface area contributed by atoms with Crippen LogP contribution in [0.5, 0.6) is 0 Å². The standard InChI is InChI=1S/C15H22N4O2/c1-10-11(16)4-3-5-12(10)18-13(20)8-19-7-6-15(2,9-19)14(17)21/h3-5H,6-9,16H2,1-2H3,(H2,17,21)(H,18,20). The number of nitrogens with two attached hydrogens (primary N) is 2. The summed E-state index contributed by atoms with van der Waals surface area (Å²) >= 11 is 0. The predicted molar refractivity (Wildman–Crippen MR) is 82.6 cm³/mol. The number of carbonyl (C=O) groups excluding carboxylic acids is 2. The maximum Gasteiger partial charge on any atom is 0.238 e. The van der Waals surface area contributed by atoms with E-state index in [-0.39, 0.29) is 18.4 Å². The van der Waals surface area contributed by atoms with Crippen molar-refractivity contribution in [2.24, 2.45) is 11.1 Å². The molecule has 21 heavy (non-hydrogen) atoms. The molecule has 1 aliphatic rings. The van der Waals surface area contributed by atoms with Crippen LogP contribution < -0.4 is 16.8 Å². The number of likely N-dealkylation sites (tertiary alicyclic amines) is 1. The zero-order chi connectivity index (χ0) is 15.6. The summed E-state index contributed by atoms with van der Waals surface area (Å²) in [5.74, 6) is -0.422. The Hall–Kier alpha value is -2.08. The Labute approximate surface area is 124 Å². The first-order valence-corrected chi connectivity index (χ1v) is 6.99. The first kappa shape index (κ1) is 15.3. The van der Waals surface area contributed by atoms with Crippen molar-refractivity contribution >= 4 is 23.2 Å². The van der Waals surface area contributed by atoms with E-state index in [4.69, 9.17) is 11.5 Å². The number of rotatable bonds is 4. The Morgan fingerprint density at radius 3 is 2.76 bits per heavy atom. The van der Waals surface area contributed by atoms with Gasteiger partial charge in [0, 0.05) is 17.9 Å². The fourth-order valence-corrected chi connectivity index (χ4v) is 2.57. The van der Waals surface area contributed by atoms with Gasteiger partial charge in [-0.05, 0) is 44.5 Å². The number of nitrogens with one attached hydrogen (secondary N) is 1. The second-order valence-corrected chi connectivity index (χ2v) is 5.95. The molecule has 0 saturated carbocycles. The number of benzene rings is 1. The molecule has 1 aromatic rings. The van der Waals surface area contributed by atoms with Crippen LogP contribution in [0.1, 0.15) is 18.9 Å². The maximum absolute atomic E-state index is 12.1. The van der Waals surface area contributed by atoms with Gasteiger partial charge in [-0.3, -0.25) is 14.5 Å². The minimum Gasteiger partial charge on any atom is -0.398 e. The number of nitrogens with zero attached hydrogens (tertiary/aromatic N) is 1. The van der Waals surface area contributed by atoms with E-state index in [1.807, 2.05) is 24.8 Å². The van der Waals surface area contributed by atoms with E-state index >= 15 is 0 Å². The molecule has 5 N–H and O–H groups in total. The lowest BCUT2D eigenvalue weighted by atomic mass is 9.89. The number of amides is 2. The van der Waals surface area contributed by atoms with E-state index in [0.717, 1.165) is 11.3 Å². The Kier molecular flexibility index (Phi) is 4.18. The molecule has 6 nitrogen and oxygen atoms in total. The second kappa shape index (κ2) is 5.73. The van der Waals surface area contributed by atoms with Gasteiger partial charge < -0.3 is 16.8 Å². The van der Waals surface area contributed by atoms with Crippen molar-refractivity contribution in [2.75, 3.05) is 30.7 Å². The third-order valence-electron chi connectivity index (χ3n) is 4.16. The zero-order valence-corrected chi connectivity index (χ0v) is 12.5. The Morgan fingerprint density at radius 2 is 2.14 bits per heavy atom. The summed E-state index contributed by atoms with van der Waals surface area (Å²) in [5, 5.41) is 2.86. The lowest BCUT2D eigenvalue weighted by molar-refractivity contribution is -0.126. The van der Waals surface area contributed by atoms with Crippen LogP contribution in [0.25, 0.3) is 0 Å². The Balaban J connectivity index is 1.94. The lowest BCUT2D eigenvalue weighted by Crippen LogP contribution is -2.39. The van der Waals surface area contributed by atoms with Gasteiger partial charge in [0.1, 0.15) is 0 Å². The molecule has 0 bridgehead atoms. The van der Waals surface area contributed by atoms with Gasteiger partial charge in [0.05, 0.1) is 12.0 Å². The van der Waals surface area contributed by atoms with Gasteiger partial charge in [-0.15, -0.1) is 0 Å². The average molecular weight is 290 g/mol. The summed E-state index contributed by atoms with van der Waals surface area (Å²) < 4.78 is 0. The molecule has 1 saturated heterocycles. The highest BCUT2D eigenvalue weighted by Gasteiger charge is 2.39. The van der Waals surface area contributed by atoms with Crippen molar-refractivity contribution < 1.29 is 9.59 Å². The third-order valence-corrected chi connectivity index (χ3v) is 4.16. The van der Waals surface area contributed by atoms with Crippen molar-refractivity contribution in [1.82, 2.24) is 4.90 Å². The van der Waals surface area contributed by atoms with Crippen LogP contribution in [0.3, 0.4) is 0 Å². The number of hydrogen-bond donors (Lipinski definition) is 3. The average Bonchev–Trinajstić information content (AvgIpc) is 2.78. The summed E-state index contributed by atoms with van der Waals surface area (Å²) in [5.41, 5.74) is 12.9. The molecule has 114 valence electrons. The van der Waals surface area contributed by atoms with Gasteiger partial charge >= 0.3 is 0 Å². The SMILES string of the molecule is Cc1c(N)cccc1NC(=O)CN1CCC(C)(C(N)=O)C1. The fraction of sp³-hybridized carbons (Fsp3) is 0.467. The quantitative estimate of drug-likeness (QED) is 0.711. The van der Waals surface area contributed by atoms with E-state index in [1.165, 1.54) is 0 Å². The minimum atomic E-state index is -0.534. The van der Waals surface area contributed by atoms with Crippen molar-refractivity contribution in [3.63, 3.8) is 0 Å². The molecule has 2 amide bonds. The summed E-state index contributed by atoms with van der Waals surface area (Å²) in [6.07, 6.45) is 0.687. The van der Waals surface area contributed by atoms with Crippen LogP contribution in [0.2, 0.25) is 0 Å². The monoisotopic (exact) mass is 290 g/mol. The molecular weight excluding hydrogens is 268 g/mol. The van der Waals surface area contributed by atoms with Gasteiger partial charge in [-0.1, -0.05) is 6.07 Å². The molecule has 0 aliphatic carbocycles. The molecule has 6 heteroatoms. The van der Waals surface area contributed by atoms with Gasteiger partial charge in [0.2, 0.25) is 11.8 Å². The first-order valence-electron chi connectivity index (χ1n) is 6.99. The molecule has 1 unspecified atom stereocenters.